The van der Waals surface area contributed by atoms with E-state index in [9.17, 15) is 9.59 Å². The van der Waals surface area contributed by atoms with Gasteiger partial charge in [-0.1, -0.05) is 23.7 Å². The number of carbonyl (C=O) groups is 2. The molecule has 0 radical (unpaired) electrons. The van der Waals surface area contributed by atoms with Crippen LogP contribution < -0.4 is 0 Å². The molecule has 1 aliphatic rings. The molecule has 0 bridgehead atoms. The molecule has 1 N–H and O–H groups in total. The average Bonchev–Trinajstić information content (AvgIpc) is 2.41. The summed E-state index contributed by atoms with van der Waals surface area (Å²) >= 11 is 5.90. The lowest BCUT2D eigenvalue weighted by atomic mass is 9.87. The number of carboxylic acids is 1. The number of nitrogens with zero attached hydrogens (tertiary/aromatic N) is 2. The van der Waals surface area contributed by atoms with E-state index in [2.05, 4.69) is 0 Å². The van der Waals surface area contributed by atoms with Crippen molar-refractivity contribution in [3.05, 3.63) is 34.9 Å². The molecule has 1 fully saturated rings. The van der Waals surface area contributed by atoms with Crippen molar-refractivity contribution in [2.45, 2.75) is 25.3 Å². The molecule has 1 aromatic carbocycles. The van der Waals surface area contributed by atoms with Crippen molar-refractivity contribution in [1.82, 2.24) is 10.0 Å². The molecule has 1 heterocycles. The third kappa shape index (κ3) is 3.54. The monoisotopic (exact) mass is 310 g/mol. The van der Waals surface area contributed by atoms with Crippen LogP contribution in [0.15, 0.2) is 24.3 Å². The van der Waals surface area contributed by atoms with Crippen LogP contribution in [0.1, 0.15) is 30.9 Å². The number of aliphatic carboxylic acids is 1. The zero-order valence-electron chi connectivity index (χ0n) is 12.1. The highest BCUT2D eigenvalue weighted by Gasteiger charge is 2.38. The molecule has 0 aromatic heterocycles. The van der Waals surface area contributed by atoms with Crippen LogP contribution in [0.4, 0.5) is 0 Å². The molecule has 6 heteroatoms. The Hall–Kier alpha value is -1.59. The first kappa shape index (κ1) is 15.8. The second kappa shape index (κ2) is 6.45. The Bertz CT molecular complexity index is 530. The summed E-state index contributed by atoms with van der Waals surface area (Å²) in [5.74, 6) is -1.51. The highest BCUT2D eigenvalue weighted by atomic mass is 35.5. The van der Waals surface area contributed by atoms with Gasteiger partial charge in [-0.05, 0) is 30.5 Å². The summed E-state index contributed by atoms with van der Waals surface area (Å²) < 4.78 is 0. The minimum atomic E-state index is -0.933. The fourth-order valence-electron chi connectivity index (χ4n) is 2.81. The molecular formula is C15H19ClN2O3. The highest BCUT2D eigenvalue weighted by molar-refractivity contribution is 6.30. The van der Waals surface area contributed by atoms with E-state index in [1.807, 2.05) is 12.1 Å². The molecule has 1 amide bonds. The van der Waals surface area contributed by atoms with Gasteiger partial charge in [0, 0.05) is 19.1 Å². The number of hydrogen-bond donors (Lipinski definition) is 1. The van der Waals surface area contributed by atoms with E-state index in [1.165, 1.54) is 0 Å². The molecule has 21 heavy (non-hydrogen) atoms. The molecule has 1 aliphatic heterocycles. The second-order valence-electron chi connectivity index (χ2n) is 5.47. The first-order valence-electron chi connectivity index (χ1n) is 6.87. The van der Waals surface area contributed by atoms with Crippen molar-refractivity contribution < 1.29 is 14.7 Å². The summed E-state index contributed by atoms with van der Waals surface area (Å²) in [6.07, 6.45) is 1.21. The summed E-state index contributed by atoms with van der Waals surface area (Å²) in [6, 6.07) is 7.36. The second-order valence-corrected chi connectivity index (χ2v) is 5.91. The maximum absolute atomic E-state index is 12.5. The van der Waals surface area contributed by atoms with Crippen molar-refractivity contribution >= 4 is 23.5 Å². The largest absolute Gasteiger partial charge is 0.481 e. The van der Waals surface area contributed by atoms with Gasteiger partial charge in [0.25, 0.3) is 0 Å². The number of hydrazine groups is 1. The molecule has 0 aliphatic carbocycles. The maximum Gasteiger partial charge on any atom is 0.304 e. The Morgan fingerprint density at radius 3 is 2.48 bits per heavy atom. The minimum Gasteiger partial charge on any atom is -0.481 e. The Balaban J connectivity index is 2.25. The average molecular weight is 311 g/mol. The predicted octanol–water partition coefficient (Wildman–Crippen LogP) is 2.57. The van der Waals surface area contributed by atoms with E-state index in [0.717, 1.165) is 12.0 Å². The van der Waals surface area contributed by atoms with Gasteiger partial charge in [-0.2, -0.15) is 0 Å². The molecule has 1 aromatic rings. The molecule has 5 nitrogen and oxygen atoms in total. The maximum atomic E-state index is 12.5. The van der Waals surface area contributed by atoms with Gasteiger partial charge < -0.3 is 5.11 Å². The molecule has 114 valence electrons. The molecule has 2 atom stereocenters. The van der Waals surface area contributed by atoms with E-state index < -0.39 is 11.9 Å². The lowest BCUT2D eigenvalue weighted by Crippen LogP contribution is -2.50. The normalized spacial score (nSPS) is 22.7. The van der Waals surface area contributed by atoms with Crippen LogP contribution in [0.5, 0.6) is 0 Å². The van der Waals surface area contributed by atoms with Crippen molar-refractivity contribution in [2.24, 2.45) is 5.92 Å². The summed E-state index contributed by atoms with van der Waals surface area (Å²) in [4.78, 5) is 23.4. The number of hydrogen-bond acceptors (Lipinski definition) is 3. The number of piperidine rings is 1. The van der Waals surface area contributed by atoms with Gasteiger partial charge in [0.2, 0.25) is 5.91 Å². The highest BCUT2D eigenvalue weighted by Crippen LogP contribution is 2.36. The Morgan fingerprint density at radius 2 is 1.95 bits per heavy atom. The van der Waals surface area contributed by atoms with Crippen LogP contribution in [0.2, 0.25) is 5.02 Å². The van der Waals surface area contributed by atoms with Gasteiger partial charge in [0.05, 0.1) is 18.4 Å². The quantitative estimate of drug-likeness (QED) is 0.928. The Morgan fingerprint density at radius 1 is 1.33 bits per heavy atom. The van der Waals surface area contributed by atoms with Crippen LogP contribution in [-0.2, 0) is 9.59 Å². The number of carbonyl (C=O) groups excluding carboxylic acids is 1. The zero-order valence-corrected chi connectivity index (χ0v) is 12.9. The molecule has 0 saturated carbocycles. The first-order chi connectivity index (χ1) is 9.90. The van der Waals surface area contributed by atoms with Gasteiger partial charge >= 0.3 is 5.97 Å². The fourth-order valence-corrected chi connectivity index (χ4v) is 2.94. The summed E-state index contributed by atoms with van der Waals surface area (Å²) in [7, 11) is 3.59. The smallest absolute Gasteiger partial charge is 0.304 e. The van der Waals surface area contributed by atoms with Gasteiger partial charge in [-0.25, -0.2) is 5.01 Å². The third-order valence-electron chi connectivity index (χ3n) is 3.77. The molecule has 0 spiro atoms. The third-order valence-corrected chi connectivity index (χ3v) is 4.02. The fraction of sp³-hybridized carbons (Fsp3) is 0.467. The van der Waals surface area contributed by atoms with Gasteiger partial charge in [-0.3, -0.25) is 14.6 Å². The first-order valence-corrected chi connectivity index (χ1v) is 7.25. The van der Waals surface area contributed by atoms with E-state index in [0.29, 0.717) is 11.4 Å². The zero-order chi connectivity index (χ0) is 15.6. The SMILES string of the molecule is CN(C)N1C(=O)C(CC(=O)O)CCC1c1ccc(Cl)cc1. The van der Waals surface area contributed by atoms with Crippen LogP contribution in [0.25, 0.3) is 0 Å². The molecule has 1 saturated heterocycles. The minimum absolute atomic E-state index is 0.0742. The van der Waals surface area contributed by atoms with Gasteiger partial charge in [0.1, 0.15) is 0 Å². The van der Waals surface area contributed by atoms with E-state index in [-0.39, 0.29) is 18.4 Å². The van der Waals surface area contributed by atoms with E-state index in [4.69, 9.17) is 16.7 Å². The van der Waals surface area contributed by atoms with Gasteiger partial charge in [-0.15, -0.1) is 0 Å². The van der Waals surface area contributed by atoms with Crippen molar-refractivity contribution in [3.63, 3.8) is 0 Å². The number of carboxylic acid groups (broad SMARTS) is 1. The Kier molecular flexibility index (Phi) is 4.85. The van der Waals surface area contributed by atoms with Crippen LogP contribution in [-0.4, -0.2) is 41.1 Å². The van der Waals surface area contributed by atoms with Crippen LogP contribution >= 0.6 is 11.6 Å². The lowest BCUT2D eigenvalue weighted by molar-refractivity contribution is -0.164. The number of benzene rings is 1. The van der Waals surface area contributed by atoms with E-state index in [1.54, 1.807) is 36.2 Å². The van der Waals surface area contributed by atoms with Crippen molar-refractivity contribution in [2.75, 3.05) is 14.1 Å². The van der Waals surface area contributed by atoms with Crippen molar-refractivity contribution in [3.8, 4) is 0 Å². The summed E-state index contributed by atoms with van der Waals surface area (Å²) in [6.45, 7) is 0. The van der Waals surface area contributed by atoms with Crippen LogP contribution in [0.3, 0.4) is 0 Å². The number of rotatable bonds is 4. The molecular weight excluding hydrogens is 292 g/mol. The predicted molar refractivity (Wildman–Crippen MR) is 79.7 cm³/mol. The summed E-state index contributed by atoms with van der Waals surface area (Å²) in [5.41, 5.74) is 1.01. The topological polar surface area (TPSA) is 60.9 Å². The van der Waals surface area contributed by atoms with Crippen LogP contribution in [0, 0.1) is 5.92 Å². The standard InChI is InChI=1S/C15H19ClN2O3/c1-17(2)18-13(10-3-6-12(16)7-4-10)8-5-11(15(18)21)9-14(19)20/h3-4,6-7,11,13H,5,8-9H2,1-2H3,(H,19,20). The number of amides is 1. The number of halogens is 1. The lowest BCUT2D eigenvalue weighted by Gasteiger charge is -2.42. The van der Waals surface area contributed by atoms with Crippen molar-refractivity contribution in [1.29, 1.82) is 0 Å². The van der Waals surface area contributed by atoms with E-state index >= 15 is 0 Å². The summed E-state index contributed by atoms with van der Waals surface area (Å²) in [5, 5.41) is 13.0. The molecule has 2 unspecified atom stereocenters. The molecule has 2 rings (SSSR count). The Labute approximate surface area is 129 Å². The van der Waals surface area contributed by atoms with Gasteiger partial charge in [0.15, 0.2) is 0 Å².